The summed E-state index contributed by atoms with van der Waals surface area (Å²) in [6.07, 6.45) is 0. The number of halogens is 3. The fourth-order valence-corrected chi connectivity index (χ4v) is 1.75. The van der Waals surface area contributed by atoms with Crippen LogP contribution in [0.2, 0.25) is 0 Å². The first-order valence-electron chi connectivity index (χ1n) is 5.49. The molecular formula is C12H7F3N4O. The van der Waals surface area contributed by atoms with E-state index in [9.17, 15) is 13.2 Å². The maximum atomic E-state index is 13.6. The molecule has 0 spiro atoms. The molecule has 3 aromatic rings. The van der Waals surface area contributed by atoms with E-state index >= 15 is 0 Å². The average molecular weight is 280 g/mol. The van der Waals surface area contributed by atoms with Crippen LogP contribution < -0.4 is 11.1 Å². The maximum absolute atomic E-state index is 13.6. The smallest absolute Gasteiger partial charge is 0.196 e. The summed E-state index contributed by atoms with van der Waals surface area (Å²) in [6, 6.07) is 4.90. The van der Waals surface area contributed by atoms with Crippen molar-refractivity contribution in [2.75, 3.05) is 11.1 Å². The summed E-state index contributed by atoms with van der Waals surface area (Å²) < 4.78 is 44.2. The van der Waals surface area contributed by atoms with Gasteiger partial charge in [-0.15, -0.1) is 0 Å². The Morgan fingerprint density at radius 1 is 0.900 bits per heavy atom. The molecule has 0 unspecified atom stereocenters. The van der Waals surface area contributed by atoms with E-state index in [2.05, 4.69) is 20.3 Å². The van der Waals surface area contributed by atoms with Crippen molar-refractivity contribution in [1.82, 2.24) is 10.3 Å². The summed E-state index contributed by atoms with van der Waals surface area (Å²) in [5.41, 5.74) is 6.61. The van der Waals surface area contributed by atoms with Gasteiger partial charge in [0.25, 0.3) is 0 Å². The average Bonchev–Trinajstić information content (AvgIpc) is 2.92. The van der Waals surface area contributed by atoms with Crippen molar-refractivity contribution in [3.8, 4) is 0 Å². The van der Waals surface area contributed by atoms with Gasteiger partial charge in [-0.25, -0.2) is 17.8 Å². The number of hydrogen-bond donors (Lipinski definition) is 2. The lowest BCUT2D eigenvalue weighted by atomic mass is 10.2. The summed E-state index contributed by atoms with van der Waals surface area (Å²) >= 11 is 0. The lowest BCUT2D eigenvalue weighted by molar-refractivity contribution is 0.316. The molecular weight excluding hydrogens is 273 g/mol. The third-order valence-electron chi connectivity index (χ3n) is 2.75. The Hall–Kier alpha value is -2.77. The van der Waals surface area contributed by atoms with Crippen molar-refractivity contribution in [3.63, 3.8) is 0 Å². The number of hydrogen-bond acceptors (Lipinski definition) is 5. The third kappa shape index (κ3) is 1.81. The first-order chi connectivity index (χ1) is 9.58. The molecule has 2 aromatic carbocycles. The van der Waals surface area contributed by atoms with Crippen molar-refractivity contribution in [1.29, 1.82) is 0 Å². The molecule has 3 N–H and O–H groups in total. The number of aromatic nitrogens is 2. The first kappa shape index (κ1) is 12.3. The van der Waals surface area contributed by atoms with Crippen LogP contribution in [0.4, 0.5) is 30.2 Å². The van der Waals surface area contributed by atoms with Crippen LogP contribution in [0.15, 0.2) is 28.9 Å². The van der Waals surface area contributed by atoms with Crippen LogP contribution in [0, 0.1) is 17.5 Å². The quantitative estimate of drug-likeness (QED) is 0.557. The van der Waals surface area contributed by atoms with Crippen molar-refractivity contribution < 1.29 is 17.8 Å². The van der Waals surface area contributed by atoms with Crippen molar-refractivity contribution in [3.05, 3.63) is 41.7 Å². The zero-order valence-corrected chi connectivity index (χ0v) is 9.82. The number of nitrogens with zero attached hydrogens (tertiary/aromatic N) is 2. The molecule has 1 heterocycles. The van der Waals surface area contributed by atoms with Crippen LogP contribution >= 0.6 is 0 Å². The number of nitrogens with one attached hydrogen (secondary N) is 1. The Bertz CT molecular complexity index is 803. The molecule has 0 saturated carbocycles. The van der Waals surface area contributed by atoms with E-state index in [1.54, 1.807) is 0 Å². The molecule has 102 valence electrons. The van der Waals surface area contributed by atoms with E-state index in [-0.39, 0.29) is 16.7 Å². The number of rotatable bonds is 2. The predicted molar refractivity (Wildman–Crippen MR) is 65.8 cm³/mol. The van der Waals surface area contributed by atoms with Gasteiger partial charge in [0, 0.05) is 0 Å². The van der Waals surface area contributed by atoms with Gasteiger partial charge in [-0.1, -0.05) is 0 Å². The Kier molecular flexibility index (Phi) is 2.70. The maximum Gasteiger partial charge on any atom is 0.196 e. The van der Waals surface area contributed by atoms with Gasteiger partial charge in [0.1, 0.15) is 0 Å². The molecule has 3 rings (SSSR count). The SMILES string of the molecule is Nc1ccc(Nc2ccc(F)c(F)c2F)c2nonc12. The Morgan fingerprint density at radius 3 is 2.40 bits per heavy atom. The lowest BCUT2D eigenvalue weighted by Crippen LogP contribution is -2.00. The molecule has 8 heteroatoms. The minimum absolute atomic E-state index is 0.238. The predicted octanol–water partition coefficient (Wildman–Crippen LogP) is 2.97. The summed E-state index contributed by atoms with van der Waals surface area (Å²) in [6.45, 7) is 0. The van der Waals surface area contributed by atoms with E-state index in [1.165, 1.54) is 12.1 Å². The summed E-state index contributed by atoms with van der Waals surface area (Å²) in [7, 11) is 0. The minimum atomic E-state index is -1.56. The molecule has 0 amide bonds. The molecule has 5 nitrogen and oxygen atoms in total. The number of nitrogen functional groups attached to an aromatic ring is 1. The van der Waals surface area contributed by atoms with E-state index in [4.69, 9.17) is 5.73 Å². The zero-order valence-electron chi connectivity index (χ0n) is 9.82. The third-order valence-corrected chi connectivity index (χ3v) is 2.75. The standard InChI is InChI=1S/C12H7F3N4O/c13-5-1-3-7(10(15)9(5)14)17-8-4-2-6(16)11-12(8)19-20-18-11/h1-4,17H,16H2. The fraction of sp³-hybridized carbons (Fsp3) is 0. The van der Waals surface area contributed by atoms with Crippen LogP contribution in [-0.4, -0.2) is 10.3 Å². The summed E-state index contributed by atoms with van der Waals surface area (Å²) in [5.74, 6) is -4.15. The molecule has 0 aliphatic heterocycles. The van der Waals surface area contributed by atoms with Gasteiger partial charge in [-0.3, -0.25) is 0 Å². The number of fused-ring (bicyclic) bond motifs is 1. The van der Waals surface area contributed by atoms with Crippen molar-refractivity contribution >= 4 is 28.1 Å². The number of benzene rings is 2. The summed E-state index contributed by atoms with van der Waals surface area (Å²) in [5, 5.41) is 9.82. The van der Waals surface area contributed by atoms with Crippen molar-refractivity contribution in [2.24, 2.45) is 0 Å². The second-order valence-electron chi connectivity index (χ2n) is 4.01. The molecule has 0 aliphatic rings. The van der Waals surface area contributed by atoms with E-state index < -0.39 is 17.5 Å². The fourth-order valence-electron chi connectivity index (χ4n) is 1.75. The molecule has 0 bridgehead atoms. The molecule has 0 radical (unpaired) electrons. The largest absolute Gasteiger partial charge is 0.397 e. The Morgan fingerprint density at radius 2 is 1.60 bits per heavy atom. The van der Waals surface area contributed by atoms with Crippen LogP contribution in [0.3, 0.4) is 0 Å². The van der Waals surface area contributed by atoms with E-state index in [1.807, 2.05) is 0 Å². The molecule has 20 heavy (non-hydrogen) atoms. The van der Waals surface area contributed by atoms with Gasteiger partial charge < -0.3 is 11.1 Å². The topological polar surface area (TPSA) is 77.0 Å². The molecule has 0 atom stereocenters. The monoisotopic (exact) mass is 280 g/mol. The highest BCUT2D eigenvalue weighted by Gasteiger charge is 2.16. The zero-order chi connectivity index (χ0) is 14.3. The van der Waals surface area contributed by atoms with Gasteiger partial charge in [0.2, 0.25) is 0 Å². The van der Waals surface area contributed by atoms with Crippen LogP contribution in [0.5, 0.6) is 0 Å². The first-order valence-corrected chi connectivity index (χ1v) is 5.49. The van der Waals surface area contributed by atoms with Crippen LogP contribution in [0.25, 0.3) is 11.0 Å². The van der Waals surface area contributed by atoms with Gasteiger partial charge in [-0.2, -0.15) is 0 Å². The van der Waals surface area contributed by atoms with Gasteiger partial charge in [0.15, 0.2) is 28.5 Å². The normalized spacial score (nSPS) is 10.9. The molecule has 0 aliphatic carbocycles. The highest BCUT2D eigenvalue weighted by molar-refractivity contribution is 5.96. The number of anilines is 3. The highest BCUT2D eigenvalue weighted by Crippen LogP contribution is 2.29. The lowest BCUT2D eigenvalue weighted by Gasteiger charge is -2.08. The van der Waals surface area contributed by atoms with Crippen LogP contribution in [-0.2, 0) is 0 Å². The number of nitrogens with two attached hydrogens (primary N) is 1. The minimum Gasteiger partial charge on any atom is -0.397 e. The second-order valence-corrected chi connectivity index (χ2v) is 4.01. The van der Waals surface area contributed by atoms with Gasteiger partial charge >= 0.3 is 0 Å². The Labute approximate surface area is 110 Å². The second kappa shape index (κ2) is 4.41. The molecule has 1 aromatic heterocycles. The highest BCUT2D eigenvalue weighted by atomic mass is 19.2. The van der Waals surface area contributed by atoms with Crippen molar-refractivity contribution in [2.45, 2.75) is 0 Å². The Balaban J connectivity index is 2.08. The van der Waals surface area contributed by atoms with Gasteiger partial charge in [0.05, 0.1) is 17.1 Å². The van der Waals surface area contributed by atoms with Gasteiger partial charge in [-0.05, 0) is 34.6 Å². The van der Waals surface area contributed by atoms with E-state index in [0.29, 0.717) is 11.4 Å². The molecule has 0 fully saturated rings. The van der Waals surface area contributed by atoms with E-state index in [0.717, 1.165) is 12.1 Å². The van der Waals surface area contributed by atoms with Crippen LogP contribution in [0.1, 0.15) is 0 Å². The molecule has 0 saturated heterocycles. The summed E-state index contributed by atoms with van der Waals surface area (Å²) in [4.78, 5) is 0.